The van der Waals surface area contributed by atoms with Crippen molar-refractivity contribution in [2.24, 2.45) is 4.99 Å². The van der Waals surface area contributed by atoms with E-state index in [1.807, 2.05) is 49.4 Å². The molecule has 9 heteroatoms. The van der Waals surface area contributed by atoms with Crippen LogP contribution in [0.15, 0.2) is 69.0 Å². The Bertz CT molecular complexity index is 1310. The van der Waals surface area contributed by atoms with Gasteiger partial charge in [0.25, 0.3) is 5.91 Å². The van der Waals surface area contributed by atoms with Gasteiger partial charge in [-0.3, -0.25) is 4.79 Å². The Kier molecular flexibility index (Phi) is 7.72. The van der Waals surface area contributed by atoms with Crippen LogP contribution in [-0.4, -0.2) is 11.1 Å². The first-order valence-corrected chi connectivity index (χ1v) is 12.5. The number of rotatable bonds is 5. The minimum atomic E-state index is -0.202. The van der Waals surface area contributed by atoms with Crippen molar-refractivity contribution in [2.75, 3.05) is 0 Å². The van der Waals surface area contributed by atoms with Gasteiger partial charge in [-0.25, -0.2) is 4.99 Å². The van der Waals surface area contributed by atoms with Gasteiger partial charge < -0.3 is 10.1 Å². The smallest absolute Gasteiger partial charge is 0.264 e. The number of carbonyl (C=O) groups excluding carboxylic acids is 1. The lowest BCUT2D eigenvalue weighted by Crippen LogP contribution is -2.19. The lowest BCUT2D eigenvalue weighted by molar-refractivity contribution is -0.115. The Balaban J connectivity index is 1.47. The summed E-state index contributed by atoms with van der Waals surface area (Å²) in [6.07, 6.45) is 1.80. The van der Waals surface area contributed by atoms with E-state index in [4.69, 9.17) is 39.5 Å². The predicted molar refractivity (Wildman–Crippen MR) is 142 cm³/mol. The van der Waals surface area contributed by atoms with Crippen LogP contribution in [0.2, 0.25) is 15.1 Å². The van der Waals surface area contributed by atoms with Crippen LogP contribution in [0.4, 0.5) is 5.69 Å². The fourth-order valence-corrected chi connectivity index (χ4v) is 4.95. The molecule has 0 radical (unpaired) electrons. The van der Waals surface area contributed by atoms with Crippen molar-refractivity contribution in [3.8, 4) is 5.75 Å². The molecule has 3 aromatic rings. The molecule has 1 N–H and O–H groups in total. The van der Waals surface area contributed by atoms with Gasteiger partial charge in [-0.1, -0.05) is 53.0 Å². The van der Waals surface area contributed by atoms with Gasteiger partial charge in [0, 0.05) is 20.6 Å². The summed E-state index contributed by atoms with van der Waals surface area (Å²) in [6.45, 7) is 2.19. The molecule has 1 amide bonds. The van der Waals surface area contributed by atoms with E-state index >= 15 is 0 Å². The van der Waals surface area contributed by atoms with E-state index in [1.165, 1.54) is 11.8 Å². The lowest BCUT2D eigenvalue weighted by atomic mass is 10.2. The predicted octanol–water partition coefficient (Wildman–Crippen LogP) is 8.19. The minimum absolute atomic E-state index is 0.202. The van der Waals surface area contributed by atoms with Crippen molar-refractivity contribution in [3.63, 3.8) is 0 Å². The fourth-order valence-electron chi connectivity index (χ4n) is 2.98. The van der Waals surface area contributed by atoms with Crippen molar-refractivity contribution in [1.82, 2.24) is 5.32 Å². The number of hydrogen-bond donors (Lipinski definition) is 1. The maximum atomic E-state index is 12.4. The highest BCUT2D eigenvalue weighted by molar-refractivity contribution is 9.10. The van der Waals surface area contributed by atoms with Crippen molar-refractivity contribution in [2.45, 2.75) is 13.5 Å². The van der Waals surface area contributed by atoms with Gasteiger partial charge in [0.15, 0.2) is 5.17 Å². The van der Waals surface area contributed by atoms with Crippen molar-refractivity contribution < 1.29 is 9.53 Å². The summed E-state index contributed by atoms with van der Waals surface area (Å²) in [4.78, 5) is 17.5. The molecule has 1 saturated heterocycles. The first-order valence-electron chi connectivity index (χ1n) is 9.71. The minimum Gasteiger partial charge on any atom is -0.488 e. The number of nitrogens with one attached hydrogen (secondary N) is 1. The molecule has 0 bridgehead atoms. The molecule has 0 saturated carbocycles. The highest BCUT2D eigenvalue weighted by atomic mass is 79.9. The molecule has 1 heterocycles. The second kappa shape index (κ2) is 10.5. The summed E-state index contributed by atoms with van der Waals surface area (Å²) in [5.41, 5.74) is 3.26. The Hall–Kier alpha value is -1.96. The van der Waals surface area contributed by atoms with Crippen LogP contribution in [0, 0.1) is 6.92 Å². The molecule has 1 aliphatic rings. The number of benzene rings is 3. The quantitative estimate of drug-likeness (QED) is 0.309. The molecule has 0 spiro atoms. The Labute approximate surface area is 219 Å². The zero-order valence-corrected chi connectivity index (χ0v) is 21.8. The molecule has 168 valence electrons. The van der Waals surface area contributed by atoms with E-state index in [9.17, 15) is 4.79 Å². The van der Waals surface area contributed by atoms with Gasteiger partial charge in [0.2, 0.25) is 0 Å². The summed E-state index contributed by atoms with van der Waals surface area (Å²) in [6, 6.07) is 16.4. The standard InChI is InChI=1S/C24H16BrCl3N2O2S/c1-13-18(27)3-2-4-20(13)29-24-30-23(31)22(33-24)10-14-5-8-21(17(25)9-14)32-12-15-6-7-16(26)11-19(15)28/h2-11H,12H2,1H3,(H,29,30,31)/b22-10+. The van der Waals surface area contributed by atoms with Crippen molar-refractivity contribution >= 4 is 85.3 Å². The molecule has 1 fully saturated rings. The van der Waals surface area contributed by atoms with E-state index in [0.717, 1.165) is 26.9 Å². The van der Waals surface area contributed by atoms with Crippen LogP contribution >= 0.6 is 62.5 Å². The lowest BCUT2D eigenvalue weighted by Gasteiger charge is -2.10. The number of nitrogens with zero attached hydrogens (tertiary/aromatic N) is 1. The number of amidine groups is 1. The first-order chi connectivity index (χ1) is 15.8. The third kappa shape index (κ3) is 5.94. The Morgan fingerprint density at radius 2 is 1.91 bits per heavy atom. The maximum Gasteiger partial charge on any atom is 0.264 e. The summed E-state index contributed by atoms with van der Waals surface area (Å²) in [5, 5.41) is 5.07. The van der Waals surface area contributed by atoms with Crippen LogP contribution in [0.1, 0.15) is 16.7 Å². The molecule has 0 aliphatic carbocycles. The number of carbonyl (C=O) groups is 1. The van der Waals surface area contributed by atoms with Gasteiger partial charge in [-0.05, 0) is 88.2 Å². The van der Waals surface area contributed by atoms with Gasteiger partial charge in [-0.15, -0.1) is 0 Å². The molecule has 0 unspecified atom stereocenters. The Morgan fingerprint density at radius 1 is 1.09 bits per heavy atom. The zero-order valence-electron chi connectivity index (χ0n) is 17.2. The third-order valence-corrected chi connectivity index (χ3v) is 7.29. The highest BCUT2D eigenvalue weighted by Gasteiger charge is 2.24. The summed E-state index contributed by atoms with van der Waals surface area (Å²) >= 11 is 23.1. The van der Waals surface area contributed by atoms with Crippen LogP contribution in [0.3, 0.4) is 0 Å². The summed E-state index contributed by atoms with van der Waals surface area (Å²) < 4.78 is 6.64. The molecule has 1 aliphatic heterocycles. The average molecular weight is 583 g/mol. The van der Waals surface area contributed by atoms with Crippen LogP contribution < -0.4 is 10.1 Å². The van der Waals surface area contributed by atoms with Crippen LogP contribution in [0.25, 0.3) is 6.08 Å². The topological polar surface area (TPSA) is 50.7 Å². The van der Waals surface area contributed by atoms with Crippen molar-refractivity contribution in [1.29, 1.82) is 0 Å². The number of ether oxygens (including phenoxy) is 1. The fraction of sp³-hybridized carbons (Fsp3) is 0.0833. The van der Waals surface area contributed by atoms with Gasteiger partial charge in [-0.2, -0.15) is 0 Å². The molecule has 4 nitrogen and oxygen atoms in total. The van der Waals surface area contributed by atoms with Crippen LogP contribution in [0.5, 0.6) is 5.75 Å². The van der Waals surface area contributed by atoms with Gasteiger partial charge >= 0.3 is 0 Å². The molecule has 0 atom stereocenters. The van der Waals surface area contributed by atoms with Gasteiger partial charge in [0.05, 0.1) is 15.1 Å². The first kappa shape index (κ1) is 24.2. The molecule has 3 aromatic carbocycles. The van der Waals surface area contributed by atoms with Crippen LogP contribution in [-0.2, 0) is 11.4 Å². The van der Waals surface area contributed by atoms with Gasteiger partial charge in [0.1, 0.15) is 12.4 Å². The zero-order chi connectivity index (χ0) is 23.5. The normalized spacial score (nSPS) is 15.8. The highest BCUT2D eigenvalue weighted by Crippen LogP contribution is 2.33. The summed E-state index contributed by atoms with van der Waals surface area (Å²) in [7, 11) is 0. The Morgan fingerprint density at radius 3 is 2.67 bits per heavy atom. The van der Waals surface area contributed by atoms with E-state index in [-0.39, 0.29) is 5.91 Å². The second-order valence-electron chi connectivity index (χ2n) is 7.08. The average Bonchev–Trinajstić information content (AvgIpc) is 3.10. The van der Waals surface area contributed by atoms with E-state index in [1.54, 1.807) is 18.2 Å². The number of halogens is 4. The van der Waals surface area contributed by atoms with E-state index in [0.29, 0.717) is 37.5 Å². The molecule has 0 aromatic heterocycles. The molecular formula is C24H16BrCl3N2O2S. The van der Waals surface area contributed by atoms with E-state index < -0.39 is 0 Å². The SMILES string of the molecule is Cc1c(Cl)cccc1N=C1NC(=O)/C(=C\c2ccc(OCc3ccc(Cl)cc3Cl)c(Br)c2)S1. The third-order valence-electron chi connectivity index (χ3n) is 4.76. The second-order valence-corrected chi connectivity index (χ2v) is 10.2. The summed E-state index contributed by atoms with van der Waals surface area (Å²) in [5.74, 6) is 0.456. The number of amides is 1. The number of aliphatic imine (C=N–C) groups is 1. The van der Waals surface area contributed by atoms with E-state index in [2.05, 4.69) is 26.2 Å². The number of thioether (sulfide) groups is 1. The molecule has 4 rings (SSSR count). The molecular weight excluding hydrogens is 567 g/mol. The number of hydrogen-bond acceptors (Lipinski definition) is 4. The maximum absolute atomic E-state index is 12.4. The largest absolute Gasteiger partial charge is 0.488 e. The monoisotopic (exact) mass is 580 g/mol. The van der Waals surface area contributed by atoms with Crippen molar-refractivity contribution in [3.05, 3.63) is 95.7 Å². The molecule has 33 heavy (non-hydrogen) atoms.